The standard InChI is InChI=1S/C15H21NO4.C12H6F2N2O2.C8H10ClN5O3S/c1-10-7-6-8-11(2)14(10)16(13(17)9-19-4)12(3)15(18)20-5;13-12(14)17-10-3-1-2-8(11(10)18-12)9-6-16-5-7(9)4-15;1-12-4-17-5-13(8(12)11-14(15)16)3-6-2-10-7(9)18-6/h6-8,12H,9H2,1-5H3;1-3,5-6,16H;2H,3-5H2,1H3/b;;11-8-/t12-;;/m1../s1. The number of H-pyrrole nitrogens is 1. The summed E-state index contributed by atoms with van der Waals surface area (Å²) >= 11 is 7.05. The molecule has 1 saturated heterocycles. The Morgan fingerprint density at radius 2 is 1.88 bits per heavy atom. The van der Waals surface area contributed by atoms with Gasteiger partial charge in [-0.3, -0.25) is 9.69 Å². The molecule has 56 heavy (non-hydrogen) atoms. The Balaban J connectivity index is 0.000000187. The zero-order chi connectivity index (χ0) is 41.2. The number of ether oxygens (including phenoxy) is 5. The molecule has 2 aromatic heterocycles. The van der Waals surface area contributed by atoms with Crippen molar-refractivity contribution in [3.8, 4) is 28.7 Å². The molecule has 0 saturated carbocycles. The molecule has 1 atom stereocenters. The number of methoxy groups -OCH3 is 2. The number of para-hydroxylation sites is 2. The number of carbonyl (C=O) groups excluding carboxylic acids is 2. The van der Waals surface area contributed by atoms with Crippen LogP contribution in [-0.4, -0.2) is 96.3 Å². The van der Waals surface area contributed by atoms with E-state index in [1.165, 1.54) is 42.7 Å². The van der Waals surface area contributed by atoms with E-state index < -0.39 is 23.3 Å². The maximum atomic E-state index is 13.0. The molecular formula is C35H37ClF2N8O9S. The first-order chi connectivity index (χ1) is 26.6. The van der Waals surface area contributed by atoms with E-state index in [0.29, 0.717) is 27.7 Å². The lowest BCUT2D eigenvalue weighted by molar-refractivity contribution is -0.486. The van der Waals surface area contributed by atoms with Crippen LogP contribution in [0.4, 0.5) is 14.5 Å². The smallest absolute Gasteiger partial charge is 0.467 e. The van der Waals surface area contributed by atoms with Crippen molar-refractivity contribution in [2.24, 2.45) is 5.10 Å². The van der Waals surface area contributed by atoms with Crippen LogP contribution in [0.3, 0.4) is 0 Å². The number of nitrogens with zero attached hydrogens (tertiary/aromatic N) is 7. The van der Waals surface area contributed by atoms with Gasteiger partial charge in [0.1, 0.15) is 37.3 Å². The number of thiazole rings is 1. The van der Waals surface area contributed by atoms with E-state index in [-0.39, 0.29) is 43.4 Å². The number of rotatable bonds is 9. The summed E-state index contributed by atoms with van der Waals surface area (Å²) in [5.74, 6) is -0.572. The molecule has 2 aliphatic heterocycles. The van der Waals surface area contributed by atoms with Gasteiger partial charge in [0, 0.05) is 48.8 Å². The number of esters is 1. The number of guanidine groups is 1. The van der Waals surface area contributed by atoms with Crippen LogP contribution in [0.2, 0.25) is 4.47 Å². The number of anilines is 1. The first kappa shape index (κ1) is 42.9. The first-order valence-corrected chi connectivity index (χ1v) is 17.6. The van der Waals surface area contributed by atoms with E-state index in [9.17, 15) is 28.5 Å². The van der Waals surface area contributed by atoms with Crippen molar-refractivity contribution in [2.75, 3.05) is 46.2 Å². The van der Waals surface area contributed by atoms with Crippen molar-refractivity contribution < 1.29 is 47.1 Å². The molecular weight excluding hydrogens is 782 g/mol. The predicted octanol–water partition coefficient (Wildman–Crippen LogP) is 5.74. The van der Waals surface area contributed by atoms with Gasteiger partial charge in [-0.25, -0.2) is 19.9 Å². The summed E-state index contributed by atoms with van der Waals surface area (Å²) < 4.78 is 50.2. The normalized spacial score (nSPS) is 15.1. The summed E-state index contributed by atoms with van der Waals surface area (Å²) in [6.45, 7) is 6.29. The van der Waals surface area contributed by atoms with E-state index in [1.54, 1.807) is 48.3 Å². The highest BCUT2D eigenvalue weighted by Crippen LogP contribution is 2.47. The number of hydrogen-bond acceptors (Lipinski definition) is 12. The number of carbonyl (C=O) groups is 2. The quantitative estimate of drug-likeness (QED) is 0.122. The summed E-state index contributed by atoms with van der Waals surface area (Å²) in [4.78, 5) is 46.8. The Kier molecular flexibility index (Phi) is 14.6. The average Bonchev–Trinajstić information content (AvgIpc) is 3.88. The zero-order valence-electron chi connectivity index (χ0n) is 30.9. The number of nitrogens with one attached hydrogen (secondary N) is 1. The van der Waals surface area contributed by atoms with Gasteiger partial charge in [0.25, 0.3) is 11.9 Å². The number of alkyl halides is 2. The highest BCUT2D eigenvalue weighted by molar-refractivity contribution is 7.15. The van der Waals surface area contributed by atoms with E-state index in [2.05, 4.69) is 24.5 Å². The molecule has 4 heterocycles. The molecule has 1 N–H and O–H groups in total. The Bertz CT molecular complexity index is 2090. The molecule has 0 unspecified atom stereocenters. The number of nitriles is 1. The van der Waals surface area contributed by atoms with Crippen LogP contribution in [-0.2, 0) is 30.3 Å². The molecule has 0 spiro atoms. The molecule has 4 aromatic rings. The third-order valence-electron chi connectivity index (χ3n) is 7.93. The lowest BCUT2D eigenvalue weighted by Gasteiger charge is -2.34. The van der Waals surface area contributed by atoms with E-state index in [0.717, 1.165) is 21.7 Å². The predicted molar refractivity (Wildman–Crippen MR) is 200 cm³/mol. The molecule has 0 aliphatic carbocycles. The van der Waals surface area contributed by atoms with Gasteiger partial charge in [-0.2, -0.15) is 5.26 Å². The number of aromatic nitrogens is 2. The topological polar surface area (TPSA) is 198 Å². The lowest BCUT2D eigenvalue weighted by Crippen LogP contribution is -2.49. The third kappa shape index (κ3) is 10.7. The lowest BCUT2D eigenvalue weighted by atomic mass is 10.0. The Hall–Kier alpha value is -5.88. The van der Waals surface area contributed by atoms with Crippen LogP contribution in [0.5, 0.6) is 11.5 Å². The molecule has 2 aliphatic rings. The van der Waals surface area contributed by atoms with Gasteiger partial charge >= 0.3 is 12.3 Å². The first-order valence-electron chi connectivity index (χ1n) is 16.4. The number of amides is 1. The van der Waals surface area contributed by atoms with Crippen LogP contribution in [0.1, 0.15) is 28.5 Å². The molecule has 17 nitrogen and oxygen atoms in total. The van der Waals surface area contributed by atoms with Crippen molar-refractivity contribution in [1.29, 1.82) is 5.26 Å². The molecule has 1 fully saturated rings. The molecule has 0 radical (unpaired) electrons. The van der Waals surface area contributed by atoms with Crippen molar-refractivity contribution in [3.63, 3.8) is 0 Å². The van der Waals surface area contributed by atoms with Gasteiger partial charge < -0.3 is 38.5 Å². The minimum Gasteiger partial charge on any atom is -0.467 e. The van der Waals surface area contributed by atoms with Crippen molar-refractivity contribution in [3.05, 3.63) is 91.1 Å². The Morgan fingerprint density at radius 3 is 2.48 bits per heavy atom. The fourth-order valence-corrected chi connectivity index (χ4v) is 6.56. The van der Waals surface area contributed by atoms with Gasteiger partial charge in [0.2, 0.25) is 0 Å². The van der Waals surface area contributed by atoms with Gasteiger partial charge in [0.05, 0.1) is 24.9 Å². The second-order valence-corrected chi connectivity index (χ2v) is 13.6. The number of aromatic amines is 1. The third-order valence-corrected chi connectivity index (χ3v) is 9.03. The highest BCUT2D eigenvalue weighted by atomic mass is 35.5. The largest absolute Gasteiger partial charge is 0.586 e. The van der Waals surface area contributed by atoms with Gasteiger partial charge in [-0.15, -0.1) is 20.1 Å². The maximum Gasteiger partial charge on any atom is 0.586 e. The maximum absolute atomic E-state index is 13.0. The molecule has 21 heteroatoms. The fourth-order valence-electron chi connectivity index (χ4n) is 5.57. The van der Waals surface area contributed by atoms with E-state index in [4.69, 9.17) is 31.1 Å². The van der Waals surface area contributed by atoms with Crippen molar-refractivity contribution in [1.82, 2.24) is 19.8 Å². The number of aryl methyl sites for hydroxylation is 2. The second-order valence-electron chi connectivity index (χ2n) is 11.9. The second kappa shape index (κ2) is 19.1. The number of halogens is 3. The minimum atomic E-state index is -3.67. The Morgan fingerprint density at radius 1 is 1.18 bits per heavy atom. The molecule has 0 bridgehead atoms. The van der Waals surface area contributed by atoms with Gasteiger partial charge in [0.15, 0.2) is 21.0 Å². The molecule has 1 amide bonds. The monoisotopic (exact) mass is 818 g/mol. The van der Waals surface area contributed by atoms with Crippen molar-refractivity contribution >= 4 is 46.5 Å². The summed E-state index contributed by atoms with van der Waals surface area (Å²) in [7, 11) is 4.43. The van der Waals surface area contributed by atoms with Gasteiger partial charge in [-0.1, -0.05) is 41.9 Å². The minimum absolute atomic E-state index is 0.0393. The Labute approximate surface area is 328 Å². The van der Waals surface area contributed by atoms with E-state index >= 15 is 0 Å². The number of fused-ring (bicyclic) bond motifs is 1. The van der Waals surface area contributed by atoms with Crippen LogP contribution >= 0.6 is 22.9 Å². The van der Waals surface area contributed by atoms with Crippen LogP contribution in [0.25, 0.3) is 11.1 Å². The summed E-state index contributed by atoms with van der Waals surface area (Å²) in [5, 5.41) is 22.1. The van der Waals surface area contributed by atoms with Crippen LogP contribution in [0, 0.1) is 35.3 Å². The van der Waals surface area contributed by atoms with Crippen molar-refractivity contribution in [2.45, 2.75) is 39.7 Å². The van der Waals surface area contributed by atoms with E-state index in [1.807, 2.05) is 38.1 Å². The number of nitro groups is 1. The van der Waals surface area contributed by atoms with Gasteiger partial charge in [-0.05, 0) is 38.0 Å². The zero-order valence-corrected chi connectivity index (χ0v) is 32.5. The van der Waals surface area contributed by atoms with Crippen LogP contribution < -0.4 is 14.4 Å². The SMILES string of the molecule is CN1COCN(Cc2cnc(Cl)s2)/C1=N\[N+](=O)[O-].COCC(=O)N(c1c(C)cccc1C)[C@H](C)C(=O)OC.N#Cc1c[nH]cc1-c1cccc2c1OC(F)(F)O2. The summed E-state index contributed by atoms with van der Waals surface area (Å²) in [5.41, 5.74) is 3.81. The van der Waals surface area contributed by atoms with Crippen LogP contribution in [0.15, 0.2) is 60.1 Å². The molecule has 298 valence electrons. The fraction of sp³-hybridized carbons (Fsp3) is 0.343. The summed E-state index contributed by atoms with van der Waals surface area (Å²) in [6, 6.07) is 11.5. The highest BCUT2D eigenvalue weighted by Gasteiger charge is 2.44. The number of hydrazone groups is 1. The number of benzene rings is 2. The molecule has 2 aromatic carbocycles. The number of hydrogen-bond donors (Lipinski definition) is 1. The molecule has 6 rings (SSSR count). The summed E-state index contributed by atoms with van der Waals surface area (Å²) in [6.07, 6.45) is 1.00. The average molecular weight is 819 g/mol.